The number of para-hydroxylation sites is 1. The fraction of sp³-hybridized carbons (Fsp3) is 0.500. The molecule has 21 heavy (non-hydrogen) atoms. The van der Waals surface area contributed by atoms with Crippen LogP contribution in [0.15, 0.2) is 42.6 Å². The molecule has 1 N–H and O–H groups in total. The summed E-state index contributed by atoms with van der Waals surface area (Å²) in [6.45, 7) is 12.2. The Bertz CT molecular complexity index is 551. The summed E-state index contributed by atoms with van der Waals surface area (Å²) in [5, 5.41) is 8.09. The molecule has 0 aliphatic carbocycles. The Morgan fingerprint density at radius 1 is 1.10 bits per heavy atom. The second-order valence-electron chi connectivity index (χ2n) is 6.90. The van der Waals surface area contributed by atoms with E-state index < -0.39 is 0 Å². The van der Waals surface area contributed by atoms with E-state index in [1.54, 1.807) is 0 Å². The van der Waals surface area contributed by atoms with Gasteiger partial charge in [-0.15, -0.1) is 0 Å². The summed E-state index contributed by atoms with van der Waals surface area (Å²) in [4.78, 5) is 0. The SMILES string of the molecule is CC(CNC(C)(C)C)C(C)c1ccnn1-c1ccccc1. The Kier molecular flexibility index (Phi) is 4.84. The summed E-state index contributed by atoms with van der Waals surface area (Å²) < 4.78 is 2.05. The minimum Gasteiger partial charge on any atom is -0.312 e. The minimum absolute atomic E-state index is 0.160. The molecule has 3 heteroatoms. The quantitative estimate of drug-likeness (QED) is 0.900. The van der Waals surface area contributed by atoms with Gasteiger partial charge in [0.25, 0.3) is 0 Å². The van der Waals surface area contributed by atoms with E-state index >= 15 is 0 Å². The fourth-order valence-corrected chi connectivity index (χ4v) is 2.38. The van der Waals surface area contributed by atoms with Crippen LogP contribution >= 0.6 is 0 Å². The van der Waals surface area contributed by atoms with Gasteiger partial charge < -0.3 is 5.32 Å². The second kappa shape index (κ2) is 6.44. The van der Waals surface area contributed by atoms with Gasteiger partial charge in [0.15, 0.2) is 0 Å². The van der Waals surface area contributed by atoms with E-state index in [2.05, 4.69) is 80.0 Å². The maximum absolute atomic E-state index is 4.50. The molecule has 0 amide bonds. The second-order valence-corrected chi connectivity index (χ2v) is 6.90. The van der Waals surface area contributed by atoms with Crippen LogP contribution in [0.1, 0.15) is 46.2 Å². The van der Waals surface area contributed by atoms with Crippen molar-refractivity contribution in [3.05, 3.63) is 48.3 Å². The van der Waals surface area contributed by atoms with Crippen LogP contribution in [-0.4, -0.2) is 21.9 Å². The molecule has 0 fully saturated rings. The number of rotatable bonds is 5. The maximum atomic E-state index is 4.50. The predicted octanol–water partition coefficient (Wildman–Crippen LogP) is 4.00. The highest BCUT2D eigenvalue weighted by Gasteiger charge is 2.20. The monoisotopic (exact) mass is 285 g/mol. The fourth-order valence-electron chi connectivity index (χ4n) is 2.38. The van der Waals surface area contributed by atoms with Gasteiger partial charge in [-0.3, -0.25) is 0 Å². The van der Waals surface area contributed by atoms with Crippen molar-refractivity contribution in [3.63, 3.8) is 0 Å². The molecule has 1 aromatic heterocycles. The van der Waals surface area contributed by atoms with Gasteiger partial charge in [-0.25, -0.2) is 4.68 Å². The summed E-state index contributed by atoms with van der Waals surface area (Å²) in [5.41, 5.74) is 2.55. The highest BCUT2D eigenvalue weighted by molar-refractivity contribution is 5.33. The maximum Gasteiger partial charge on any atom is 0.0648 e. The number of hydrogen-bond acceptors (Lipinski definition) is 2. The smallest absolute Gasteiger partial charge is 0.0648 e. The first kappa shape index (κ1) is 15.8. The van der Waals surface area contributed by atoms with E-state index in [0.717, 1.165) is 12.2 Å². The van der Waals surface area contributed by atoms with Crippen molar-refractivity contribution in [2.45, 2.75) is 46.1 Å². The lowest BCUT2D eigenvalue weighted by Gasteiger charge is -2.27. The molecule has 1 heterocycles. The summed E-state index contributed by atoms with van der Waals surface area (Å²) >= 11 is 0. The zero-order chi connectivity index (χ0) is 15.5. The molecule has 2 atom stereocenters. The van der Waals surface area contributed by atoms with Gasteiger partial charge in [-0.05, 0) is 51.4 Å². The van der Waals surface area contributed by atoms with Crippen molar-refractivity contribution < 1.29 is 0 Å². The van der Waals surface area contributed by atoms with Crippen LogP contribution in [0.3, 0.4) is 0 Å². The van der Waals surface area contributed by atoms with Crippen molar-refractivity contribution in [1.29, 1.82) is 0 Å². The first-order valence-electron chi connectivity index (χ1n) is 7.73. The van der Waals surface area contributed by atoms with Crippen LogP contribution < -0.4 is 5.32 Å². The van der Waals surface area contributed by atoms with Crippen molar-refractivity contribution >= 4 is 0 Å². The van der Waals surface area contributed by atoms with E-state index in [1.165, 1.54) is 5.69 Å². The molecule has 0 saturated heterocycles. The first-order valence-corrected chi connectivity index (χ1v) is 7.73. The molecule has 0 bridgehead atoms. The van der Waals surface area contributed by atoms with E-state index in [-0.39, 0.29) is 5.54 Å². The lowest BCUT2D eigenvalue weighted by molar-refractivity contribution is 0.355. The van der Waals surface area contributed by atoms with Gasteiger partial charge in [0, 0.05) is 23.3 Å². The summed E-state index contributed by atoms with van der Waals surface area (Å²) in [6.07, 6.45) is 1.89. The lowest BCUT2D eigenvalue weighted by atomic mass is 9.91. The topological polar surface area (TPSA) is 29.9 Å². The molecular weight excluding hydrogens is 258 g/mol. The van der Waals surface area contributed by atoms with Crippen molar-refractivity contribution in [2.75, 3.05) is 6.54 Å². The summed E-state index contributed by atoms with van der Waals surface area (Å²) in [6, 6.07) is 12.5. The van der Waals surface area contributed by atoms with Crippen LogP contribution in [0, 0.1) is 5.92 Å². The number of nitrogens with zero attached hydrogens (tertiary/aromatic N) is 2. The molecule has 0 spiro atoms. The number of benzene rings is 1. The third-order valence-electron chi connectivity index (χ3n) is 3.95. The molecule has 0 saturated carbocycles. The molecule has 114 valence electrons. The van der Waals surface area contributed by atoms with Gasteiger partial charge in [-0.1, -0.05) is 32.0 Å². The highest BCUT2D eigenvalue weighted by Crippen LogP contribution is 2.25. The van der Waals surface area contributed by atoms with Crippen molar-refractivity contribution in [1.82, 2.24) is 15.1 Å². The standard InChI is InChI=1S/C18H27N3/c1-14(13-19-18(3,4)5)15(2)17-11-12-20-21(17)16-9-7-6-8-10-16/h6-12,14-15,19H,13H2,1-5H3. The lowest BCUT2D eigenvalue weighted by Crippen LogP contribution is -2.39. The number of nitrogens with one attached hydrogen (secondary N) is 1. The first-order chi connectivity index (χ1) is 9.88. The Labute approximate surface area is 128 Å². The van der Waals surface area contributed by atoms with Crippen LogP contribution in [0.5, 0.6) is 0 Å². The molecule has 3 nitrogen and oxygen atoms in total. The molecule has 0 aliphatic heterocycles. The molecule has 0 radical (unpaired) electrons. The van der Waals surface area contributed by atoms with E-state index in [1.807, 2.05) is 12.3 Å². The van der Waals surface area contributed by atoms with Crippen molar-refractivity contribution in [3.8, 4) is 5.69 Å². The zero-order valence-corrected chi connectivity index (χ0v) is 13.8. The number of hydrogen-bond donors (Lipinski definition) is 1. The Balaban J connectivity index is 2.13. The van der Waals surface area contributed by atoms with Crippen LogP contribution in [0.4, 0.5) is 0 Å². The van der Waals surface area contributed by atoms with Gasteiger partial charge >= 0.3 is 0 Å². The molecular formula is C18H27N3. The third kappa shape index (κ3) is 4.18. The van der Waals surface area contributed by atoms with Gasteiger partial charge in [0.1, 0.15) is 0 Å². The van der Waals surface area contributed by atoms with Gasteiger partial charge in [0.2, 0.25) is 0 Å². The molecule has 2 unspecified atom stereocenters. The summed E-state index contributed by atoms with van der Waals surface area (Å²) in [7, 11) is 0. The van der Waals surface area contributed by atoms with E-state index in [4.69, 9.17) is 0 Å². The Morgan fingerprint density at radius 2 is 1.76 bits per heavy atom. The van der Waals surface area contributed by atoms with E-state index in [9.17, 15) is 0 Å². The Morgan fingerprint density at radius 3 is 2.38 bits per heavy atom. The third-order valence-corrected chi connectivity index (χ3v) is 3.95. The molecule has 1 aromatic carbocycles. The normalized spacial score (nSPS) is 14.9. The van der Waals surface area contributed by atoms with Gasteiger partial charge in [-0.2, -0.15) is 5.10 Å². The van der Waals surface area contributed by atoms with Crippen LogP contribution in [-0.2, 0) is 0 Å². The number of aromatic nitrogens is 2. The summed E-state index contributed by atoms with van der Waals surface area (Å²) in [5.74, 6) is 0.992. The average Bonchev–Trinajstić information content (AvgIpc) is 2.93. The average molecular weight is 285 g/mol. The molecule has 2 rings (SSSR count). The van der Waals surface area contributed by atoms with Crippen LogP contribution in [0.2, 0.25) is 0 Å². The zero-order valence-electron chi connectivity index (χ0n) is 13.8. The highest BCUT2D eigenvalue weighted by atomic mass is 15.3. The van der Waals surface area contributed by atoms with E-state index in [0.29, 0.717) is 11.8 Å². The van der Waals surface area contributed by atoms with Gasteiger partial charge in [0.05, 0.1) is 5.69 Å². The Hall–Kier alpha value is -1.61. The van der Waals surface area contributed by atoms with Crippen molar-refractivity contribution in [2.24, 2.45) is 5.92 Å². The predicted molar refractivity (Wildman–Crippen MR) is 88.9 cm³/mol. The molecule has 2 aromatic rings. The van der Waals surface area contributed by atoms with Crippen LogP contribution in [0.25, 0.3) is 5.69 Å². The largest absolute Gasteiger partial charge is 0.312 e. The molecule has 0 aliphatic rings. The minimum atomic E-state index is 0.160.